The van der Waals surface area contributed by atoms with Crippen molar-refractivity contribution in [1.29, 1.82) is 0 Å². The van der Waals surface area contributed by atoms with Crippen molar-refractivity contribution in [2.75, 3.05) is 32.8 Å². The average molecular weight is 583 g/mol. The van der Waals surface area contributed by atoms with E-state index in [0.29, 0.717) is 25.7 Å². The molecule has 2 aliphatic rings. The lowest BCUT2D eigenvalue weighted by Gasteiger charge is -2.37. The van der Waals surface area contributed by atoms with Crippen LogP contribution in [0.3, 0.4) is 0 Å². The summed E-state index contributed by atoms with van der Waals surface area (Å²) in [6.45, 7) is 7.57. The zero-order valence-corrected chi connectivity index (χ0v) is 25.0. The van der Waals surface area contributed by atoms with E-state index in [2.05, 4.69) is 37.4 Å². The lowest BCUT2D eigenvalue weighted by Crippen LogP contribution is -2.49. The Hall–Kier alpha value is -2.72. The van der Waals surface area contributed by atoms with Gasteiger partial charge in [-0.05, 0) is 78.9 Å². The van der Waals surface area contributed by atoms with Gasteiger partial charge in [0.05, 0.1) is 23.6 Å². The highest BCUT2D eigenvalue weighted by molar-refractivity contribution is 7.89. The molecule has 1 aromatic heterocycles. The molecule has 0 spiro atoms. The predicted octanol–water partition coefficient (Wildman–Crippen LogP) is 5.55. The van der Waals surface area contributed by atoms with Gasteiger partial charge in [0, 0.05) is 24.6 Å². The number of fused-ring (bicyclic) bond motifs is 1. The number of hydrogen-bond acceptors (Lipinski definition) is 6. The minimum absolute atomic E-state index is 0.156. The van der Waals surface area contributed by atoms with Crippen LogP contribution in [0.5, 0.6) is 5.75 Å². The van der Waals surface area contributed by atoms with E-state index in [9.17, 15) is 13.2 Å². The first-order chi connectivity index (χ1) is 19.2. The summed E-state index contributed by atoms with van der Waals surface area (Å²) < 4.78 is 40.8. The quantitative estimate of drug-likeness (QED) is 0.313. The highest BCUT2D eigenvalue weighted by Crippen LogP contribution is 2.34. The number of sulfonamides is 1. The molecule has 2 aliphatic heterocycles. The molecule has 3 aromatic rings. The molecular formula is C31H38N2O5S2. The Kier molecular flexibility index (Phi) is 8.95. The number of thiophene rings is 1. The summed E-state index contributed by atoms with van der Waals surface area (Å²) in [6, 6.07) is 16.6. The number of carbonyl (C=O) groups is 1. The summed E-state index contributed by atoms with van der Waals surface area (Å²) in [5, 5.41) is 2.05. The van der Waals surface area contributed by atoms with Crippen molar-refractivity contribution >= 4 is 27.3 Å². The Bertz CT molecular complexity index is 1390. The smallest absolute Gasteiger partial charge is 0.243 e. The summed E-state index contributed by atoms with van der Waals surface area (Å²) >= 11 is 1.69. The molecule has 40 heavy (non-hydrogen) atoms. The van der Waals surface area contributed by atoms with Crippen LogP contribution in [0.15, 0.2) is 64.9 Å². The van der Waals surface area contributed by atoms with Crippen LogP contribution in [-0.2, 0) is 26.0 Å². The number of amides is 1. The topological polar surface area (TPSA) is 76.2 Å². The minimum Gasteiger partial charge on any atom is -0.491 e. The molecule has 0 N–H and O–H groups in total. The number of rotatable bonds is 10. The Morgan fingerprint density at radius 1 is 1.12 bits per heavy atom. The SMILES string of the molecule is Cc1ccc(S(=O)(=O)N(CC(=O)N2CCc3sccc3C2COc2ccc(C(C)C)cc2)CC2CCCO2)cc1. The maximum atomic E-state index is 13.9. The molecule has 1 fully saturated rings. The van der Waals surface area contributed by atoms with Crippen molar-refractivity contribution in [3.63, 3.8) is 0 Å². The van der Waals surface area contributed by atoms with Crippen molar-refractivity contribution in [3.05, 3.63) is 81.5 Å². The van der Waals surface area contributed by atoms with Crippen LogP contribution in [-0.4, -0.2) is 62.5 Å². The van der Waals surface area contributed by atoms with Crippen molar-refractivity contribution in [1.82, 2.24) is 9.21 Å². The molecule has 0 radical (unpaired) electrons. The predicted molar refractivity (Wildman–Crippen MR) is 157 cm³/mol. The summed E-state index contributed by atoms with van der Waals surface area (Å²) in [4.78, 5) is 17.1. The average Bonchev–Trinajstić information content (AvgIpc) is 3.64. The van der Waals surface area contributed by atoms with E-state index >= 15 is 0 Å². The molecule has 9 heteroatoms. The first-order valence-electron chi connectivity index (χ1n) is 14.0. The van der Waals surface area contributed by atoms with Crippen molar-refractivity contribution in [2.45, 2.75) is 63.0 Å². The molecule has 0 aliphatic carbocycles. The fraction of sp³-hybridized carbons (Fsp3) is 0.452. The van der Waals surface area contributed by atoms with Crippen LogP contribution >= 0.6 is 11.3 Å². The standard InChI is InChI=1S/C31H38N2O5S2/c1-22(2)24-8-10-25(11-9-24)38-21-29-28-15-18-39-30(28)14-16-33(29)31(34)20-32(19-26-5-4-17-37-26)40(35,36)27-12-6-23(3)7-13-27/h6-13,15,18,22,26,29H,4-5,14,16-17,19-21H2,1-3H3. The zero-order chi connectivity index (χ0) is 28.3. The Morgan fingerprint density at radius 3 is 2.55 bits per heavy atom. The number of carbonyl (C=O) groups excluding carboxylic acids is 1. The molecule has 7 nitrogen and oxygen atoms in total. The van der Waals surface area contributed by atoms with Gasteiger partial charge >= 0.3 is 0 Å². The second kappa shape index (κ2) is 12.4. The van der Waals surface area contributed by atoms with Crippen LogP contribution in [0, 0.1) is 6.92 Å². The minimum atomic E-state index is -3.90. The Labute approximate surface area is 241 Å². The van der Waals surface area contributed by atoms with Crippen molar-refractivity contribution < 1.29 is 22.7 Å². The molecule has 2 aromatic carbocycles. The molecule has 2 atom stereocenters. The fourth-order valence-corrected chi connectivity index (χ4v) is 7.71. The van der Waals surface area contributed by atoms with Crippen LogP contribution in [0.2, 0.25) is 0 Å². The van der Waals surface area contributed by atoms with E-state index in [1.54, 1.807) is 40.5 Å². The number of hydrogen-bond donors (Lipinski definition) is 0. The largest absolute Gasteiger partial charge is 0.491 e. The van der Waals surface area contributed by atoms with Gasteiger partial charge < -0.3 is 14.4 Å². The highest BCUT2D eigenvalue weighted by Gasteiger charge is 2.36. The van der Waals surface area contributed by atoms with Gasteiger partial charge in [0.25, 0.3) is 0 Å². The lowest BCUT2D eigenvalue weighted by molar-refractivity contribution is -0.135. The third-order valence-electron chi connectivity index (χ3n) is 7.77. The summed E-state index contributed by atoms with van der Waals surface area (Å²) in [5.74, 6) is 0.957. The molecular weight excluding hydrogens is 544 g/mol. The highest BCUT2D eigenvalue weighted by atomic mass is 32.2. The summed E-state index contributed by atoms with van der Waals surface area (Å²) in [6.07, 6.45) is 2.20. The van der Waals surface area contributed by atoms with Crippen LogP contribution < -0.4 is 4.74 Å². The zero-order valence-electron chi connectivity index (χ0n) is 23.4. The summed E-state index contributed by atoms with van der Waals surface area (Å²) in [5.41, 5.74) is 3.29. The first kappa shape index (κ1) is 28.8. The van der Waals surface area contributed by atoms with Gasteiger partial charge in [-0.15, -0.1) is 11.3 Å². The third-order valence-corrected chi connectivity index (χ3v) is 10.6. The molecule has 1 saturated heterocycles. The van der Waals surface area contributed by atoms with Crippen LogP contribution in [0.25, 0.3) is 0 Å². The number of ether oxygens (including phenoxy) is 2. The van der Waals surface area contributed by atoms with Gasteiger partial charge in [-0.3, -0.25) is 4.79 Å². The molecule has 0 saturated carbocycles. The van der Waals surface area contributed by atoms with Gasteiger partial charge in [-0.1, -0.05) is 43.7 Å². The van der Waals surface area contributed by atoms with E-state index < -0.39 is 10.0 Å². The number of benzene rings is 2. The molecule has 2 unspecified atom stereocenters. The van der Waals surface area contributed by atoms with Gasteiger partial charge in [-0.2, -0.15) is 4.31 Å². The van der Waals surface area contributed by atoms with Gasteiger partial charge in [-0.25, -0.2) is 8.42 Å². The maximum absolute atomic E-state index is 13.9. The second-order valence-corrected chi connectivity index (χ2v) is 13.9. The monoisotopic (exact) mass is 582 g/mol. The number of aryl methyl sites for hydroxylation is 1. The van der Waals surface area contributed by atoms with Crippen molar-refractivity contribution in [3.8, 4) is 5.75 Å². The van der Waals surface area contributed by atoms with E-state index in [-0.39, 0.29) is 36.0 Å². The molecule has 5 rings (SSSR count). The maximum Gasteiger partial charge on any atom is 0.243 e. The van der Waals surface area contributed by atoms with Crippen LogP contribution in [0.4, 0.5) is 0 Å². The van der Waals surface area contributed by atoms with Gasteiger partial charge in [0.2, 0.25) is 15.9 Å². The van der Waals surface area contributed by atoms with E-state index in [4.69, 9.17) is 9.47 Å². The van der Waals surface area contributed by atoms with Gasteiger partial charge in [0.1, 0.15) is 12.4 Å². The Balaban J connectivity index is 1.37. The molecule has 3 heterocycles. The van der Waals surface area contributed by atoms with E-state index in [1.165, 1.54) is 14.7 Å². The van der Waals surface area contributed by atoms with E-state index in [1.807, 2.05) is 19.1 Å². The van der Waals surface area contributed by atoms with Crippen molar-refractivity contribution in [2.24, 2.45) is 0 Å². The molecule has 214 valence electrons. The lowest BCUT2D eigenvalue weighted by atomic mass is 10.0. The Morgan fingerprint density at radius 2 is 1.88 bits per heavy atom. The second-order valence-electron chi connectivity index (χ2n) is 10.9. The number of nitrogens with zero attached hydrogens (tertiary/aromatic N) is 2. The van der Waals surface area contributed by atoms with Gasteiger partial charge in [0.15, 0.2) is 0 Å². The van der Waals surface area contributed by atoms with Crippen LogP contribution in [0.1, 0.15) is 60.2 Å². The molecule has 1 amide bonds. The first-order valence-corrected chi connectivity index (χ1v) is 16.3. The normalized spacial score (nSPS) is 19.3. The van der Waals surface area contributed by atoms with E-state index in [0.717, 1.165) is 36.1 Å². The summed E-state index contributed by atoms with van der Waals surface area (Å²) in [7, 11) is -3.90. The molecule has 0 bridgehead atoms. The third kappa shape index (κ3) is 6.43. The fourth-order valence-electron chi connectivity index (χ4n) is 5.36.